The van der Waals surface area contributed by atoms with Crippen molar-refractivity contribution in [3.63, 3.8) is 0 Å². The van der Waals surface area contributed by atoms with E-state index in [9.17, 15) is 18.0 Å². The van der Waals surface area contributed by atoms with Crippen LogP contribution in [0.3, 0.4) is 0 Å². The number of ether oxygens (including phenoxy) is 2. The smallest absolute Gasteiger partial charge is 0.422 e. The van der Waals surface area contributed by atoms with Crippen molar-refractivity contribution >= 4 is 5.97 Å². The fourth-order valence-corrected chi connectivity index (χ4v) is 1.62. The van der Waals surface area contributed by atoms with Gasteiger partial charge in [0.05, 0.1) is 5.56 Å². The molecule has 0 unspecified atom stereocenters. The molecule has 0 fully saturated rings. The average Bonchev–Trinajstić information content (AvgIpc) is 2.47. The van der Waals surface area contributed by atoms with E-state index in [0.717, 1.165) is 5.56 Å². The van der Waals surface area contributed by atoms with E-state index < -0.39 is 18.8 Å². The Balaban J connectivity index is 1.97. The topological polar surface area (TPSA) is 35.5 Å². The SMILES string of the molecule is Cc1ccc(OC(=O)c2ccc(OCC(F)(F)F)cc2)cc1. The molecular formula is C16H13F3O3. The number of hydrogen-bond donors (Lipinski definition) is 0. The molecule has 0 aliphatic carbocycles. The van der Waals surface area contributed by atoms with Crippen molar-refractivity contribution in [3.8, 4) is 11.5 Å². The quantitative estimate of drug-likeness (QED) is 0.628. The monoisotopic (exact) mass is 310 g/mol. The Morgan fingerprint density at radius 3 is 2.05 bits per heavy atom. The van der Waals surface area contributed by atoms with Crippen LogP contribution >= 0.6 is 0 Å². The minimum Gasteiger partial charge on any atom is -0.484 e. The summed E-state index contributed by atoms with van der Waals surface area (Å²) >= 11 is 0. The second-order valence-electron chi connectivity index (χ2n) is 4.63. The second kappa shape index (κ2) is 6.51. The highest BCUT2D eigenvalue weighted by Crippen LogP contribution is 2.20. The Morgan fingerprint density at radius 1 is 0.955 bits per heavy atom. The first-order valence-corrected chi connectivity index (χ1v) is 6.42. The van der Waals surface area contributed by atoms with Gasteiger partial charge in [-0.05, 0) is 43.3 Å². The van der Waals surface area contributed by atoms with Gasteiger partial charge in [0.2, 0.25) is 0 Å². The van der Waals surface area contributed by atoms with Gasteiger partial charge in [-0.3, -0.25) is 0 Å². The molecule has 0 atom stereocenters. The summed E-state index contributed by atoms with van der Waals surface area (Å²) in [5, 5.41) is 0. The molecule has 2 aromatic carbocycles. The van der Waals surface area contributed by atoms with Crippen molar-refractivity contribution < 1.29 is 27.4 Å². The van der Waals surface area contributed by atoms with E-state index in [0.29, 0.717) is 5.75 Å². The van der Waals surface area contributed by atoms with E-state index in [1.165, 1.54) is 24.3 Å². The molecule has 0 saturated carbocycles. The van der Waals surface area contributed by atoms with Crippen LogP contribution < -0.4 is 9.47 Å². The fraction of sp³-hybridized carbons (Fsp3) is 0.188. The number of carbonyl (C=O) groups is 1. The van der Waals surface area contributed by atoms with Gasteiger partial charge in [0.1, 0.15) is 11.5 Å². The summed E-state index contributed by atoms with van der Waals surface area (Å²) in [5.74, 6) is -0.163. The highest BCUT2D eigenvalue weighted by Gasteiger charge is 2.28. The normalized spacial score (nSPS) is 11.1. The number of benzene rings is 2. The number of hydrogen-bond acceptors (Lipinski definition) is 3. The summed E-state index contributed by atoms with van der Waals surface area (Å²) in [6.45, 7) is 0.533. The van der Waals surface area contributed by atoms with Crippen LogP contribution in [0.25, 0.3) is 0 Å². The molecule has 0 radical (unpaired) electrons. The van der Waals surface area contributed by atoms with Crippen molar-refractivity contribution in [2.24, 2.45) is 0 Å². The summed E-state index contributed by atoms with van der Waals surface area (Å²) in [6.07, 6.45) is -4.40. The average molecular weight is 310 g/mol. The zero-order chi connectivity index (χ0) is 16.2. The first kappa shape index (κ1) is 15.9. The molecule has 3 nitrogen and oxygen atoms in total. The number of aryl methyl sites for hydroxylation is 1. The van der Waals surface area contributed by atoms with E-state index in [1.54, 1.807) is 24.3 Å². The molecule has 22 heavy (non-hydrogen) atoms. The zero-order valence-corrected chi connectivity index (χ0v) is 11.7. The number of rotatable bonds is 4. The minimum absolute atomic E-state index is 0.0317. The summed E-state index contributed by atoms with van der Waals surface area (Å²) < 4.78 is 45.8. The largest absolute Gasteiger partial charge is 0.484 e. The molecule has 0 bridgehead atoms. The standard InChI is InChI=1S/C16H13F3O3/c1-11-2-6-14(7-3-11)22-15(20)12-4-8-13(9-5-12)21-10-16(17,18)19/h2-9H,10H2,1H3. The van der Waals surface area contributed by atoms with E-state index in [2.05, 4.69) is 4.74 Å². The van der Waals surface area contributed by atoms with Crippen LogP contribution in [0.1, 0.15) is 15.9 Å². The molecule has 6 heteroatoms. The summed E-state index contributed by atoms with van der Waals surface area (Å²) in [4.78, 5) is 11.9. The fourth-order valence-electron chi connectivity index (χ4n) is 1.62. The lowest BCUT2D eigenvalue weighted by Gasteiger charge is -2.09. The molecule has 116 valence electrons. The second-order valence-corrected chi connectivity index (χ2v) is 4.63. The first-order chi connectivity index (χ1) is 10.3. The van der Waals surface area contributed by atoms with Crippen LogP contribution in [0.4, 0.5) is 13.2 Å². The van der Waals surface area contributed by atoms with Crippen molar-refractivity contribution in [3.05, 3.63) is 59.7 Å². The summed E-state index contributed by atoms with van der Waals surface area (Å²) in [7, 11) is 0. The maximum atomic E-state index is 12.0. The molecule has 2 aromatic rings. The lowest BCUT2D eigenvalue weighted by molar-refractivity contribution is -0.153. The van der Waals surface area contributed by atoms with Crippen molar-refractivity contribution in [1.29, 1.82) is 0 Å². The number of halogens is 3. The van der Waals surface area contributed by atoms with Crippen LogP contribution in [-0.2, 0) is 0 Å². The molecule has 0 amide bonds. The maximum absolute atomic E-state index is 12.0. The molecule has 2 rings (SSSR count). The van der Waals surface area contributed by atoms with Gasteiger partial charge in [-0.1, -0.05) is 17.7 Å². The van der Waals surface area contributed by atoms with E-state index in [1.807, 2.05) is 6.92 Å². The molecule has 0 saturated heterocycles. The number of esters is 1. The van der Waals surface area contributed by atoms with Crippen molar-refractivity contribution in [2.45, 2.75) is 13.1 Å². The Hall–Kier alpha value is -2.50. The van der Waals surface area contributed by atoms with Gasteiger partial charge in [0.15, 0.2) is 6.61 Å². The maximum Gasteiger partial charge on any atom is 0.422 e. The molecule has 0 heterocycles. The van der Waals surface area contributed by atoms with E-state index >= 15 is 0 Å². The van der Waals surface area contributed by atoms with Crippen LogP contribution in [0, 0.1) is 6.92 Å². The summed E-state index contributed by atoms with van der Waals surface area (Å²) in [6, 6.07) is 12.2. The van der Waals surface area contributed by atoms with Gasteiger partial charge in [0.25, 0.3) is 0 Å². The highest BCUT2D eigenvalue weighted by atomic mass is 19.4. The molecule has 0 aliphatic rings. The third-order valence-corrected chi connectivity index (χ3v) is 2.72. The predicted octanol–water partition coefficient (Wildman–Crippen LogP) is 4.16. The van der Waals surface area contributed by atoms with Crippen LogP contribution in [0.5, 0.6) is 11.5 Å². The van der Waals surface area contributed by atoms with Gasteiger partial charge in [-0.25, -0.2) is 4.79 Å². The Kier molecular flexibility index (Phi) is 4.70. The third-order valence-electron chi connectivity index (χ3n) is 2.72. The first-order valence-electron chi connectivity index (χ1n) is 6.42. The molecule has 0 aliphatic heterocycles. The van der Waals surface area contributed by atoms with E-state index in [-0.39, 0.29) is 11.3 Å². The molecule has 0 N–H and O–H groups in total. The van der Waals surface area contributed by atoms with Gasteiger partial charge in [-0.2, -0.15) is 13.2 Å². The van der Waals surface area contributed by atoms with E-state index in [4.69, 9.17) is 4.74 Å². The van der Waals surface area contributed by atoms with Gasteiger partial charge >= 0.3 is 12.1 Å². The Labute approximate surface area is 125 Å². The van der Waals surface area contributed by atoms with Gasteiger partial charge < -0.3 is 9.47 Å². The van der Waals surface area contributed by atoms with Gasteiger partial charge in [0, 0.05) is 0 Å². The summed E-state index contributed by atoms with van der Waals surface area (Å²) in [5.41, 5.74) is 1.26. The molecular weight excluding hydrogens is 297 g/mol. The zero-order valence-electron chi connectivity index (χ0n) is 11.7. The Bertz CT molecular complexity index is 631. The van der Waals surface area contributed by atoms with Crippen molar-refractivity contribution in [2.75, 3.05) is 6.61 Å². The third kappa shape index (κ3) is 4.80. The molecule has 0 aromatic heterocycles. The molecule has 0 spiro atoms. The van der Waals surface area contributed by atoms with Crippen LogP contribution in [0.2, 0.25) is 0 Å². The van der Waals surface area contributed by atoms with Gasteiger partial charge in [-0.15, -0.1) is 0 Å². The van der Waals surface area contributed by atoms with Crippen LogP contribution in [-0.4, -0.2) is 18.8 Å². The number of alkyl halides is 3. The lowest BCUT2D eigenvalue weighted by atomic mass is 10.2. The highest BCUT2D eigenvalue weighted by molar-refractivity contribution is 5.91. The number of carbonyl (C=O) groups excluding carboxylic acids is 1. The Morgan fingerprint density at radius 2 is 1.50 bits per heavy atom. The van der Waals surface area contributed by atoms with Crippen LogP contribution in [0.15, 0.2) is 48.5 Å². The van der Waals surface area contributed by atoms with Crippen molar-refractivity contribution in [1.82, 2.24) is 0 Å². The minimum atomic E-state index is -4.40. The predicted molar refractivity (Wildman–Crippen MR) is 74.1 cm³/mol. The lowest BCUT2D eigenvalue weighted by Crippen LogP contribution is -2.19.